The Balaban J connectivity index is 1.91. The summed E-state index contributed by atoms with van der Waals surface area (Å²) < 4.78 is 6.14. The Kier molecular flexibility index (Phi) is 4.64. The molecule has 1 aromatic rings. The van der Waals surface area contributed by atoms with E-state index in [4.69, 9.17) is 10.5 Å². The number of benzene rings is 1. The van der Waals surface area contributed by atoms with Crippen LogP contribution in [0, 0.1) is 0 Å². The Morgan fingerprint density at radius 3 is 2.14 bits per heavy atom. The maximum atomic E-state index is 6.14. The summed E-state index contributed by atoms with van der Waals surface area (Å²) in [4.78, 5) is 2.54. The molecular weight excluding hydrogens is 260 g/mol. The lowest BCUT2D eigenvalue weighted by Gasteiger charge is -2.47. The summed E-state index contributed by atoms with van der Waals surface area (Å²) in [6, 6.07) is 8.28. The highest BCUT2D eigenvalue weighted by Gasteiger charge is 2.37. The van der Waals surface area contributed by atoms with E-state index >= 15 is 0 Å². The summed E-state index contributed by atoms with van der Waals surface area (Å²) in [5, 5.41) is 0. The van der Waals surface area contributed by atoms with Crippen LogP contribution in [-0.2, 0) is 4.74 Å². The van der Waals surface area contributed by atoms with Gasteiger partial charge in [-0.3, -0.25) is 4.90 Å². The van der Waals surface area contributed by atoms with E-state index in [1.165, 1.54) is 5.56 Å². The van der Waals surface area contributed by atoms with Crippen molar-refractivity contribution in [3.63, 3.8) is 0 Å². The van der Waals surface area contributed by atoms with E-state index in [9.17, 15) is 0 Å². The van der Waals surface area contributed by atoms with Crippen LogP contribution in [0.1, 0.15) is 52.5 Å². The van der Waals surface area contributed by atoms with Gasteiger partial charge in [-0.05, 0) is 64.3 Å². The summed E-state index contributed by atoms with van der Waals surface area (Å²) in [6.07, 6.45) is 1.16. The number of rotatable bonds is 4. The number of anilines is 1. The largest absolute Gasteiger partial charge is 0.399 e. The van der Waals surface area contributed by atoms with Gasteiger partial charge in [0, 0.05) is 18.8 Å². The second-order valence-electron chi connectivity index (χ2n) is 7.69. The molecule has 0 aromatic heterocycles. The van der Waals surface area contributed by atoms with Crippen LogP contribution in [0.3, 0.4) is 0 Å². The Morgan fingerprint density at radius 2 is 1.62 bits per heavy atom. The summed E-state index contributed by atoms with van der Waals surface area (Å²) in [5.41, 5.74) is 7.84. The van der Waals surface area contributed by atoms with Crippen molar-refractivity contribution in [2.45, 2.75) is 58.2 Å². The molecule has 1 aromatic carbocycles. The molecule has 118 valence electrons. The molecule has 1 atom stereocenters. The van der Waals surface area contributed by atoms with Gasteiger partial charge in [0.15, 0.2) is 0 Å². The van der Waals surface area contributed by atoms with E-state index in [-0.39, 0.29) is 11.2 Å². The molecule has 3 nitrogen and oxygen atoms in total. The molecule has 1 aliphatic rings. The maximum absolute atomic E-state index is 6.14. The van der Waals surface area contributed by atoms with Crippen molar-refractivity contribution >= 4 is 5.69 Å². The fraction of sp³-hybridized carbons (Fsp3) is 0.667. The smallest absolute Gasteiger partial charge is 0.0760 e. The van der Waals surface area contributed by atoms with E-state index in [0.717, 1.165) is 31.7 Å². The van der Waals surface area contributed by atoms with Crippen molar-refractivity contribution < 1.29 is 4.74 Å². The molecule has 1 heterocycles. The molecule has 0 bridgehead atoms. The van der Waals surface area contributed by atoms with Crippen LogP contribution < -0.4 is 5.73 Å². The van der Waals surface area contributed by atoms with Gasteiger partial charge < -0.3 is 10.5 Å². The average molecular weight is 290 g/mol. The van der Waals surface area contributed by atoms with E-state index in [0.29, 0.717) is 5.92 Å². The molecule has 21 heavy (non-hydrogen) atoms. The predicted molar refractivity (Wildman–Crippen MR) is 89.6 cm³/mol. The first-order chi connectivity index (χ1) is 9.67. The van der Waals surface area contributed by atoms with Gasteiger partial charge in [0.2, 0.25) is 0 Å². The van der Waals surface area contributed by atoms with Crippen LogP contribution in [0.5, 0.6) is 0 Å². The minimum atomic E-state index is -0.0633. The van der Waals surface area contributed by atoms with E-state index in [2.05, 4.69) is 51.7 Å². The maximum Gasteiger partial charge on any atom is 0.0760 e. The number of nitrogens with two attached hydrogens (primary N) is 1. The zero-order valence-corrected chi connectivity index (χ0v) is 14.1. The lowest BCUT2D eigenvalue weighted by Crippen LogP contribution is -2.57. The monoisotopic (exact) mass is 290 g/mol. The van der Waals surface area contributed by atoms with Gasteiger partial charge in [-0.1, -0.05) is 19.1 Å². The Hall–Kier alpha value is -1.06. The number of hydrogen-bond acceptors (Lipinski definition) is 3. The second kappa shape index (κ2) is 5.98. The Bertz CT molecular complexity index is 449. The molecule has 1 unspecified atom stereocenters. The van der Waals surface area contributed by atoms with Gasteiger partial charge in [0.05, 0.1) is 11.2 Å². The third-order valence-electron chi connectivity index (χ3n) is 4.15. The van der Waals surface area contributed by atoms with E-state index in [1.54, 1.807) is 0 Å². The zero-order chi connectivity index (χ0) is 15.7. The molecule has 2 rings (SSSR count). The van der Waals surface area contributed by atoms with Gasteiger partial charge in [0.25, 0.3) is 0 Å². The molecule has 0 radical (unpaired) electrons. The molecule has 0 aliphatic carbocycles. The fourth-order valence-corrected chi connectivity index (χ4v) is 3.47. The third-order valence-corrected chi connectivity index (χ3v) is 4.15. The van der Waals surface area contributed by atoms with Crippen molar-refractivity contribution in [3.05, 3.63) is 29.8 Å². The van der Waals surface area contributed by atoms with Crippen LogP contribution in [0.15, 0.2) is 24.3 Å². The summed E-state index contributed by atoms with van der Waals surface area (Å²) in [7, 11) is 0. The molecule has 0 spiro atoms. The lowest BCUT2D eigenvalue weighted by atomic mass is 9.95. The predicted octanol–water partition coefficient (Wildman–Crippen LogP) is 3.65. The molecule has 0 amide bonds. The highest BCUT2D eigenvalue weighted by atomic mass is 16.5. The van der Waals surface area contributed by atoms with Crippen molar-refractivity contribution in [2.24, 2.45) is 0 Å². The quantitative estimate of drug-likeness (QED) is 0.860. The fourth-order valence-electron chi connectivity index (χ4n) is 3.47. The number of nitrogens with zero attached hydrogens (tertiary/aromatic N) is 1. The number of hydrogen-bond donors (Lipinski definition) is 1. The van der Waals surface area contributed by atoms with Crippen molar-refractivity contribution in [1.82, 2.24) is 4.90 Å². The second-order valence-corrected chi connectivity index (χ2v) is 7.69. The number of nitrogen functional groups attached to an aromatic ring is 1. The molecule has 2 N–H and O–H groups in total. The molecule has 1 aliphatic heterocycles. The molecule has 3 heteroatoms. The van der Waals surface area contributed by atoms with Crippen LogP contribution >= 0.6 is 0 Å². The van der Waals surface area contributed by atoms with Gasteiger partial charge >= 0.3 is 0 Å². The van der Waals surface area contributed by atoms with Gasteiger partial charge in [-0.15, -0.1) is 0 Å². The summed E-state index contributed by atoms with van der Waals surface area (Å²) in [6.45, 7) is 14.2. The summed E-state index contributed by atoms with van der Waals surface area (Å²) >= 11 is 0. The molecule has 1 fully saturated rings. The summed E-state index contributed by atoms with van der Waals surface area (Å²) in [5.74, 6) is 0.555. The Labute approximate surface area is 129 Å². The van der Waals surface area contributed by atoms with Crippen molar-refractivity contribution in [3.8, 4) is 0 Å². The highest BCUT2D eigenvalue weighted by molar-refractivity contribution is 5.40. The van der Waals surface area contributed by atoms with Gasteiger partial charge in [-0.2, -0.15) is 0 Å². The molecular formula is C18H30N2O. The Morgan fingerprint density at radius 1 is 1.10 bits per heavy atom. The first-order valence-electron chi connectivity index (χ1n) is 7.95. The van der Waals surface area contributed by atoms with Crippen LogP contribution in [0.25, 0.3) is 0 Å². The average Bonchev–Trinajstić information content (AvgIpc) is 2.33. The van der Waals surface area contributed by atoms with Crippen molar-refractivity contribution in [1.29, 1.82) is 0 Å². The lowest BCUT2D eigenvalue weighted by molar-refractivity contribution is -0.180. The normalized spacial score (nSPS) is 22.9. The SMILES string of the molecule is CC(CCN1CC(C)(C)OC(C)(C)C1)c1ccc(N)cc1. The van der Waals surface area contributed by atoms with Gasteiger partial charge in [-0.25, -0.2) is 0 Å². The number of morpholine rings is 1. The van der Waals surface area contributed by atoms with E-state index in [1.807, 2.05) is 12.1 Å². The molecule has 0 saturated carbocycles. The minimum Gasteiger partial charge on any atom is -0.399 e. The van der Waals surface area contributed by atoms with Gasteiger partial charge in [0.1, 0.15) is 0 Å². The third kappa shape index (κ3) is 4.72. The van der Waals surface area contributed by atoms with E-state index < -0.39 is 0 Å². The first-order valence-corrected chi connectivity index (χ1v) is 7.95. The minimum absolute atomic E-state index is 0.0633. The standard InChI is InChI=1S/C18H30N2O/c1-14(15-6-8-16(19)9-7-15)10-11-20-12-17(2,3)21-18(4,5)13-20/h6-9,14H,10-13,19H2,1-5H3. The van der Waals surface area contributed by atoms with Crippen molar-refractivity contribution in [2.75, 3.05) is 25.4 Å². The van der Waals surface area contributed by atoms with Crippen LogP contribution in [-0.4, -0.2) is 35.7 Å². The topological polar surface area (TPSA) is 38.5 Å². The van der Waals surface area contributed by atoms with Crippen LogP contribution in [0.2, 0.25) is 0 Å². The van der Waals surface area contributed by atoms with Crippen LogP contribution in [0.4, 0.5) is 5.69 Å². The number of ether oxygens (including phenoxy) is 1. The highest BCUT2D eigenvalue weighted by Crippen LogP contribution is 2.29. The first kappa shape index (κ1) is 16.3. The molecule has 1 saturated heterocycles. The zero-order valence-electron chi connectivity index (χ0n) is 14.1.